The third-order valence-electron chi connectivity index (χ3n) is 2.43. The van der Waals surface area contributed by atoms with Crippen LogP contribution in [0.25, 0.3) is 6.08 Å². The third kappa shape index (κ3) is 5.14. The van der Waals surface area contributed by atoms with Crippen molar-refractivity contribution in [3.05, 3.63) is 40.4 Å². The molecule has 102 valence electrons. The van der Waals surface area contributed by atoms with E-state index >= 15 is 0 Å². The monoisotopic (exact) mass is 279 g/mol. The molecular formula is C14H18ClN3O. The molecule has 1 amide bonds. The van der Waals surface area contributed by atoms with Crippen molar-refractivity contribution in [3.8, 4) is 0 Å². The second kappa shape index (κ2) is 7.59. The topological polar surface area (TPSA) is 67.5 Å². The molecule has 0 aliphatic rings. The standard InChI is InChI=1S/C14H18ClN3O/c1-3-9-17-14(16)18-13(19)8-7-11-10(2)5-4-6-12(11)15/h4-8H,3,9H2,1-2H3,(H3,16,17,18,19). The highest BCUT2D eigenvalue weighted by molar-refractivity contribution is 6.32. The highest BCUT2D eigenvalue weighted by Gasteiger charge is 2.02. The van der Waals surface area contributed by atoms with Crippen molar-refractivity contribution in [1.29, 1.82) is 0 Å². The lowest BCUT2D eigenvalue weighted by Crippen LogP contribution is -2.35. The van der Waals surface area contributed by atoms with E-state index in [2.05, 4.69) is 10.3 Å². The van der Waals surface area contributed by atoms with Gasteiger partial charge in [0.25, 0.3) is 5.91 Å². The Kier molecular flexibility index (Phi) is 6.09. The minimum Gasteiger partial charge on any atom is -0.370 e. The summed E-state index contributed by atoms with van der Waals surface area (Å²) in [5.74, 6) is -0.191. The highest BCUT2D eigenvalue weighted by Crippen LogP contribution is 2.20. The summed E-state index contributed by atoms with van der Waals surface area (Å²) < 4.78 is 0. The maximum Gasteiger partial charge on any atom is 0.250 e. The van der Waals surface area contributed by atoms with Crippen LogP contribution in [0.4, 0.5) is 0 Å². The second-order valence-electron chi connectivity index (χ2n) is 4.06. The Labute approximate surface area is 118 Å². The van der Waals surface area contributed by atoms with Crippen molar-refractivity contribution in [2.75, 3.05) is 6.54 Å². The van der Waals surface area contributed by atoms with E-state index in [1.165, 1.54) is 6.08 Å². The van der Waals surface area contributed by atoms with Gasteiger partial charge in [0.05, 0.1) is 0 Å². The molecule has 19 heavy (non-hydrogen) atoms. The molecule has 0 aromatic heterocycles. The highest BCUT2D eigenvalue weighted by atomic mass is 35.5. The molecule has 0 atom stereocenters. The molecule has 0 radical (unpaired) electrons. The van der Waals surface area contributed by atoms with Gasteiger partial charge in [0, 0.05) is 17.6 Å². The van der Waals surface area contributed by atoms with Crippen LogP contribution in [0.3, 0.4) is 0 Å². The lowest BCUT2D eigenvalue weighted by Gasteiger charge is -2.03. The Morgan fingerprint density at radius 3 is 2.89 bits per heavy atom. The zero-order chi connectivity index (χ0) is 14.3. The Balaban J connectivity index is 2.69. The molecule has 5 heteroatoms. The Hall–Kier alpha value is -1.81. The zero-order valence-corrected chi connectivity index (χ0v) is 11.9. The number of hydrogen-bond acceptors (Lipinski definition) is 2. The van der Waals surface area contributed by atoms with Crippen molar-refractivity contribution < 1.29 is 4.79 Å². The van der Waals surface area contributed by atoms with Crippen LogP contribution in [-0.2, 0) is 4.79 Å². The first-order valence-electron chi connectivity index (χ1n) is 6.08. The van der Waals surface area contributed by atoms with Gasteiger partial charge < -0.3 is 5.73 Å². The van der Waals surface area contributed by atoms with Crippen molar-refractivity contribution >= 4 is 29.5 Å². The number of guanidine groups is 1. The number of rotatable bonds is 4. The molecule has 0 heterocycles. The molecule has 0 fully saturated rings. The van der Waals surface area contributed by atoms with Gasteiger partial charge in [-0.2, -0.15) is 0 Å². The number of halogens is 1. The van der Waals surface area contributed by atoms with Crippen LogP contribution in [0, 0.1) is 6.92 Å². The number of carbonyl (C=O) groups is 1. The minimum atomic E-state index is -0.323. The summed E-state index contributed by atoms with van der Waals surface area (Å²) in [5.41, 5.74) is 7.37. The largest absolute Gasteiger partial charge is 0.370 e. The molecule has 0 unspecified atom stereocenters. The lowest BCUT2D eigenvalue weighted by molar-refractivity contribution is -0.115. The predicted molar refractivity (Wildman–Crippen MR) is 80.1 cm³/mol. The van der Waals surface area contributed by atoms with Gasteiger partial charge in [0.2, 0.25) is 0 Å². The van der Waals surface area contributed by atoms with Gasteiger partial charge in [-0.15, -0.1) is 0 Å². The summed E-state index contributed by atoms with van der Waals surface area (Å²) in [6, 6.07) is 5.58. The third-order valence-corrected chi connectivity index (χ3v) is 2.76. The van der Waals surface area contributed by atoms with Gasteiger partial charge in [-0.25, -0.2) is 0 Å². The van der Waals surface area contributed by atoms with E-state index in [1.54, 1.807) is 12.1 Å². The van der Waals surface area contributed by atoms with E-state index in [1.807, 2.05) is 26.0 Å². The normalized spacial score (nSPS) is 11.8. The zero-order valence-electron chi connectivity index (χ0n) is 11.1. The average Bonchev–Trinajstić information content (AvgIpc) is 2.35. The fourth-order valence-electron chi connectivity index (χ4n) is 1.45. The molecule has 0 aliphatic heterocycles. The van der Waals surface area contributed by atoms with Crippen LogP contribution >= 0.6 is 11.6 Å². The number of nitrogens with one attached hydrogen (secondary N) is 1. The minimum absolute atomic E-state index is 0.132. The summed E-state index contributed by atoms with van der Waals surface area (Å²) in [6.07, 6.45) is 3.94. The van der Waals surface area contributed by atoms with E-state index in [-0.39, 0.29) is 11.9 Å². The summed E-state index contributed by atoms with van der Waals surface area (Å²) in [7, 11) is 0. The van der Waals surface area contributed by atoms with Crippen molar-refractivity contribution in [2.45, 2.75) is 20.3 Å². The average molecular weight is 280 g/mol. The van der Waals surface area contributed by atoms with Crippen LogP contribution in [0.1, 0.15) is 24.5 Å². The molecule has 1 aromatic carbocycles. The molecule has 0 saturated carbocycles. The van der Waals surface area contributed by atoms with Gasteiger partial charge in [-0.1, -0.05) is 30.7 Å². The molecule has 4 nitrogen and oxygen atoms in total. The summed E-state index contributed by atoms with van der Waals surface area (Å²) in [4.78, 5) is 15.6. The van der Waals surface area contributed by atoms with Gasteiger partial charge in [0.1, 0.15) is 0 Å². The van der Waals surface area contributed by atoms with Gasteiger partial charge in [0.15, 0.2) is 5.96 Å². The molecule has 3 N–H and O–H groups in total. The first-order chi connectivity index (χ1) is 9.04. The maximum atomic E-state index is 11.6. The molecular weight excluding hydrogens is 262 g/mol. The molecule has 0 saturated heterocycles. The van der Waals surface area contributed by atoms with Gasteiger partial charge in [-0.3, -0.25) is 15.1 Å². The molecule has 0 spiro atoms. The number of amides is 1. The van der Waals surface area contributed by atoms with Crippen LogP contribution in [0.5, 0.6) is 0 Å². The van der Waals surface area contributed by atoms with Crippen molar-refractivity contribution in [3.63, 3.8) is 0 Å². The molecule has 0 aliphatic carbocycles. The van der Waals surface area contributed by atoms with E-state index in [0.717, 1.165) is 17.5 Å². The van der Waals surface area contributed by atoms with E-state index in [4.69, 9.17) is 17.3 Å². The van der Waals surface area contributed by atoms with Crippen molar-refractivity contribution in [2.24, 2.45) is 10.7 Å². The van der Waals surface area contributed by atoms with Crippen LogP contribution in [-0.4, -0.2) is 18.4 Å². The van der Waals surface area contributed by atoms with Crippen LogP contribution < -0.4 is 11.1 Å². The van der Waals surface area contributed by atoms with E-state index in [0.29, 0.717) is 11.6 Å². The molecule has 1 aromatic rings. The van der Waals surface area contributed by atoms with E-state index < -0.39 is 0 Å². The summed E-state index contributed by atoms with van der Waals surface area (Å²) in [6.45, 7) is 4.51. The number of carbonyl (C=O) groups excluding carboxylic acids is 1. The fraction of sp³-hybridized carbons (Fsp3) is 0.286. The Morgan fingerprint density at radius 2 is 2.26 bits per heavy atom. The first kappa shape index (κ1) is 15.2. The van der Waals surface area contributed by atoms with Crippen LogP contribution in [0.15, 0.2) is 29.3 Å². The second-order valence-corrected chi connectivity index (χ2v) is 4.47. The van der Waals surface area contributed by atoms with Gasteiger partial charge >= 0.3 is 0 Å². The Morgan fingerprint density at radius 1 is 1.53 bits per heavy atom. The number of hydrogen-bond donors (Lipinski definition) is 2. The number of nitrogens with two attached hydrogens (primary N) is 1. The maximum absolute atomic E-state index is 11.6. The quantitative estimate of drug-likeness (QED) is 0.505. The lowest BCUT2D eigenvalue weighted by atomic mass is 10.1. The Bertz CT molecular complexity index is 489. The number of aliphatic imine (C=N–C) groups is 1. The number of nitrogens with zero attached hydrogens (tertiary/aromatic N) is 1. The molecule has 1 rings (SSSR count). The predicted octanol–water partition coefficient (Wildman–Crippen LogP) is 2.50. The van der Waals surface area contributed by atoms with E-state index in [9.17, 15) is 4.79 Å². The van der Waals surface area contributed by atoms with Gasteiger partial charge in [-0.05, 0) is 36.6 Å². The SMILES string of the molecule is CCCN=C(N)NC(=O)C=Cc1c(C)cccc1Cl. The van der Waals surface area contributed by atoms with Crippen molar-refractivity contribution in [1.82, 2.24) is 5.32 Å². The number of aryl methyl sites for hydroxylation is 1. The smallest absolute Gasteiger partial charge is 0.250 e. The summed E-state index contributed by atoms with van der Waals surface area (Å²) >= 11 is 6.06. The van der Waals surface area contributed by atoms with Crippen LogP contribution in [0.2, 0.25) is 5.02 Å². The first-order valence-corrected chi connectivity index (χ1v) is 6.46. The molecule has 0 bridgehead atoms. The number of benzene rings is 1. The fourth-order valence-corrected chi connectivity index (χ4v) is 1.74. The summed E-state index contributed by atoms with van der Waals surface area (Å²) in [5, 5.41) is 3.09.